The standard InChI is InChI=1S/C24H27N3O5/c1-15(2)21(22(29)26-32)27-23(30)19(25-24(27)31)13-10-16-8-11-18(12-9-16)20(28)14-17-6-4-3-5-7-17/h3-9,11-12,15,21,30,32H,10,13-14H2,1-2H3,(H,25,31)(H,26,29). The number of carbonyl (C=O) groups excluding carboxylic acids is 2. The molecule has 2 aromatic carbocycles. The van der Waals surface area contributed by atoms with E-state index >= 15 is 0 Å². The van der Waals surface area contributed by atoms with Crippen LogP contribution in [0.3, 0.4) is 0 Å². The van der Waals surface area contributed by atoms with Gasteiger partial charge in [-0.25, -0.2) is 10.3 Å². The summed E-state index contributed by atoms with van der Waals surface area (Å²) in [6, 6.07) is 15.7. The van der Waals surface area contributed by atoms with Crippen LogP contribution in [0.25, 0.3) is 0 Å². The third kappa shape index (κ3) is 5.15. The monoisotopic (exact) mass is 437 g/mol. The molecule has 1 amide bonds. The van der Waals surface area contributed by atoms with E-state index in [0.29, 0.717) is 30.5 Å². The number of H-pyrrole nitrogens is 1. The van der Waals surface area contributed by atoms with Gasteiger partial charge < -0.3 is 10.1 Å². The Hall–Kier alpha value is -3.65. The van der Waals surface area contributed by atoms with Crippen LogP contribution < -0.4 is 11.2 Å². The highest BCUT2D eigenvalue weighted by molar-refractivity contribution is 5.97. The zero-order valence-corrected chi connectivity index (χ0v) is 18.0. The molecule has 0 aliphatic carbocycles. The van der Waals surface area contributed by atoms with Gasteiger partial charge in [0.2, 0.25) is 5.88 Å². The Labute approximate surface area is 185 Å². The van der Waals surface area contributed by atoms with Gasteiger partial charge in [-0.2, -0.15) is 0 Å². The number of hydroxylamine groups is 1. The molecule has 0 saturated heterocycles. The van der Waals surface area contributed by atoms with Crippen molar-refractivity contribution >= 4 is 11.7 Å². The summed E-state index contributed by atoms with van der Waals surface area (Å²) >= 11 is 0. The molecule has 3 rings (SSSR count). The van der Waals surface area contributed by atoms with Crippen LogP contribution in [0.5, 0.6) is 5.88 Å². The summed E-state index contributed by atoms with van der Waals surface area (Å²) < 4.78 is 0.955. The number of hydrogen-bond donors (Lipinski definition) is 4. The highest BCUT2D eigenvalue weighted by Crippen LogP contribution is 2.25. The number of aromatic nitrogens is 2. The predicted molar refractivity (Wildman–Crippen MR) is 119 cm³/mol. The fraction of sp³-hybridized carbons (Fsp3) is 0.292. The molecular formula is C24H27N3O5. The van der Waals surface area contributed by atoms with Crippen LogP contribution in [-0.4, -0.2) is 31.6 Å². The number of carbonyl (C=O) groups is 2. The van der Waals surface area contributed by atoms with Gasteiger partial charge in [-0.3, -0.25) is 19.4 Å². The van der Waals surface area contributed by atoms with Crippen molar-refractivity contribution in [2.24, 2.45) is 5.92 Å². The Bertz CT molecular complexity index is 1130. The molecule has 8 nitrogen and oxygen atoms in total. The summed E-state index contributed by atoms with van der Waals surface area (Å²) in [5, 5.41) is 19.5. The fourth-order valence-electron chi connectivity index (χ4n) is 3.71. The summed E-state index contributed by atoms with van der Waals surface area (Å²) in [6.07, 6.45) is 1.18. The molecule has 0 saturated carbocycles. The van der Waals surface area contributed by atoms with Gasteiger partial charge in [0.05, 0.1) is 5.69 Å². The van der Waals surface area contributed by atoms with Gasteiger partial charge in [-0.05, 0) is 29.9 Å². The number of amides is 1. The van der Waals surface area contributed by atoms with Gasteiger partial charge in [0.15, 0.2) is 5.78 Å². The maximum Gasteiger partial charge on any atom is 0.329 e. The average Bonchev–Trinajstić information content (AvgIpc) is 3.06. The van der Waals surface area contributed by atoms with Crippen molar-refractivity contribution in [2.75, 3.05) is 0 Å². The molecule has 0 radical (unpaired) electrons. The van der Waals surface area contributed by atoms with E-state index in [1.165, 1.54) is 0 Å². The van der Waals surface area contributed by atoms with Crippen LogP contribution in [0.15, 0.2) is 59.4 Å². The number of aryl methyl sites for hydroxylation is 2. The first kappa shape index (κ1) is 23.0. The number of nitrogens with one attached hydrogen (secondary N) is 2. The molecule has 168 valence electrons. The van der Waals surface area contributed by atoms with Crippen LogP contribution in [0.2, 0.25) is 0 Å². The van der Waals surface area contributed by atoms with Crippen molar-refractivity contribution in [3.63, 3.8) is 0 Å². The number of Topliss-reactive ketones (excluding diaryl/α,β-unsaturated/α-hetero) is 1. The lowest BCUT2D eigenvalue weighted by atomic mass is 10.0. The van der Waals surface area contributed by atoms with E-state index < -0.39 is 17.6 Å². The van der Waals surface area contributed by atoms with E-state index in [9.17, 15) is 19.5 Å². The zero-order chi connectivity index (χ0) is 23.3. The van der Waals surface area contributed by atoms with Crippen molar-refractivity contribution in [3.05, 3.63) is 87.5 Å². The number of aromatic hydroxyl groups is 1. The topological polar surface area (TPSA) is 124 Å². The Balaban J connectivity index is 1.69. The number of aromatic amines is 1. The lowest BCUT2D eigenvalue weighted by molar-refractivity contribution is -0.134. The molecule has 1 unspecified atom stereocenters. The maximum absolute atomic E-state index is 12.5. The molecule has 32 heavy (non-hydrogen) atoms. The minimum Gasteiger partial charge on any atom is -0.493 e. The lowest BCUT2D eigenvalue weighted by Crippen LogP contribution is -2.37. The molecular weight excluding hydrogens is 410 g/mol. The maximum atomic E-state index is 12.5. The van der Waals surface area contributed by atoms with E-state index in [0.717, 1.165) is 15.7 Å². The first-order chi connectivity index (χ1) is 15.3. The zero-order valence-electron chi connectivity index (χ0n) is 18.0. The molecule has 0 aliphatic rings. The van der Waals surface area contributed by atoms with E-state index in [1.807, 2.05) is 42.5 Å². The second kappa shape index (κ2) is 10.1. The second-order valence-corrected chi connectivity index (χ2v) is 8.05. The summed E-state index contributed by atoms with van der Waals surface area (Å²) in [5.74, 6) is -1.41. The molecule has 4 N–H and O–H groups in total. The third-order valence-corrected chi connectivity index (χ3v) is 5.41. The summed E-state index contributed by atoms with van der Waals surface area (Å²) in [6.45, 7) is 3.41. The van der Waals surface area contributed by atoms with Gasteiger partial charge in [0.1, 0.15) is 6.04 Å². The highest BCUT2D eigenvalue weighted by atomic mass is 16.5. The first-order valence-electron chi connectivity index (χ1n) is 10.4. The van der Waals surface area contributed by atoms with Crippen molar-refractivity contribution in [1.82, 2.24) is 15.0 Å². The largest absolute Gasteiger partial charge is 0.493 e. The summed E-state index contributed by atoms with van der Waals surface area (Å²) in [4.78, 5) is 39.4. The number of benzene rings is 2. The highest BCUT2D eigenvalue weighted by Gasteiger charge is 2.29. The molecule has 1 heterocycles. The van der Waals surface area contributed by atoms with Crippen molar-refractivity contribution in [1.29, 1.82) is 0 Å². The van der Waals surface area contributed by atoms with Gasteiger partial charge in [-0.1, -0.05) is 68.4 Å². The summed E-state index contributed by atoms with van der Waals surface area (Å²) in [7, 11) is 0. The van der Waals surface area contributed by atoms with Crippen molar-refractivity contribution in [3.8, 4) is 5.88 Å². The summed E-state index contributed by atoms with van der Waals surface area (Å²) in [5.41, 5.74) is 3.73. The molecule has 8 heteroatoms. The predicted octanol–water partition coefficient (Wildman–Crippen LogP) is 2.80. The molecule has 0 aliphatic heterocycles. The number of rotatable bonds is 9. The third-order valence-electron chi connectivity index (χ3n) is 5.41. The smallest absolute Gasteiger partial charge is 0.329 e. The minimum absolute atomic E-state index is 0.0312. The van der Waals surface area contributed by atoms with Gasteiger partial charge in [-0.15, -0.1) is 0 Å². The van der Waals surface area contributed by atoms with Crippen LogP contribution in [0, 0.1) is 5.92 Å². The SMILES string of the molecule is CC(C)C(C(=O)NO)n1c(O)c(CCc2ccc(C(=O)Cc3ccccc3)cc2)[nH]c1=O. The average molecular weight is 437 g/mol. The molecule has 3 aromatic rings. The molecule has 0 fully saturated rings. The molecule has 0 spiro atoms. The number of hydrogen-bond acceptors (Lipinski definition) is 5. The first-order valence-corrected chi connectivity index (χ1v) is 10.4. The molecule has 1 aromatic heterocycles. The van der Waals surface area contributed by atoms with Gasteiger partial charge in [0, 0.05) is 12.0 Å². The van der Waals surface area contributed by atoms with Crippen LogP contribution in [0.4, 0.5) is 0 Å². The molecule has 1 atom stereocenters. The van der Waals surface area contributed by atoms with Crippen molar-refractivity contribution in [2.45, 2.75) is 39.2 Å². The van der Waals surface area contributed by atoms with Gasteiger partial charge in [0.25, 0.3) is 5.91 Å². The van der Waals surface area contributed by atoms with Crippen LogP contribution in [0.1, 0.15) is 47.1 Å². The normalized spacial score (nSPS) is 12.0. The lowest BCUT2D eigenvalue weighted by Gasteiger charge is -2.19. The Morgan fingerprint density at radius 1 is 1.00 bits per heavy atom. The number of imidazole rings is 1. The van der Waals surface area contributed by atoms with Crippen LogP contribution in [-0.2, 0) is 24.1 Å². The van der Waals surface area contributed by atoms with Gasteiger partial charge >= 0.3 is 5.69 Å². The Morgan fingerprint density at radius 3 is 2.25 bits per heavy atom. The van der Waals surface area contributed by atoms with E-state index in [4.69, 9.17) is 5.21 Å². The Kier molecular flexibility index (Phi) is 7.27. The Morgan fingerprint density at radius 2 is 1.66 bits per heavy atom. The fourth-order valence-corrected chi connectivity index (χ4v) is 3.71. The van der Waals surface area contributed by atoms with E-state index in [2.05, 4.69) is 4.98 Å². The van der Waals surface area contributed by atoms with E-state index in [-0.39, 0.29) is 17.6 Å². The van der Waals surface area contributed by atoms with Crippen LogP contribution >= 0.6 is 0 Å². The minimum atomic E-state index is -1.05. The number of ketones is 1. The number of nitrogens with zero attached hydrogens (tertiary/aromatic N) is 1. The van der Waals surface area contributed by atoms with Crippen molar-refractivity contribution < 1.29 is 19.9 Å². The quantitative estimate of drug-likeness (QED) is 0.233. The second-order valence-electron chi connectivity index (χ2n) is 8.05. The molecule has 0 bridgehead atoms. The van der Waals surface area contributed by atoms with E-state index in [1.54, 1.807) is 31.5 Å².